The molecule has 1 radical (unpaired) electrons. The quantitative estimate of drug-likeness (QED) is 0.671. The van der Waals surface area contributed by atoms with Crippen LogP contribution in [0.3, 0.4) is 0 Å². The summed E-state index contributed by atoms with van der Waals surface area (Å²) in [5.74, 6) is 0. The van der Waals surface area contributed by atoms with Crippen molar-refractivity contribution in [3.63, 3.8) is 0 Å². The zero-order valence-corrected chi connectivity index (χ0v) is 10.3. The van der Waals surface area contributed by atoms with Crippen LogP contribution in [0, 0.1) is 6.92 Å². The molecule has 1 saturated heterocycles. The van der Waals surface area contributed by atoms with Crippen molar-refractivity contribution in [1.29, 1.82) is 0 Å². The molecule has 0 unspecified atom stereocenters. The zero-order valence-electron chi connectivity index (χ0n) is 10.3. The van der Waals surface area contributed by atoms with Gasteiger partial charge in [0.05, 0.1) is 6.61 Å². The number of piperazine rings is 1. The molecule has 0 saturated carbocycles. The van der Waals surface area contributed by atoms with Crippen molar-refractivity contribution in [3.8, 4) is 0 Å². The first-order valence-electron chi connectivity index (χ1n) is 6.21. The lowest BCUT2D eigenvalue weighted by Gasteiger charge is -2.33. The van der Waals surface area contributed by atoms with Crippen LogP contribution in [0.5, 0.6) is 0 Å². The molecule has 0 aromatic rings. The van der Waals surface area contributed by atoms with Crippen molar-refractivity contribution in [2.24, 2.45) is 0 Å². The number of carbonyl (C=O) groups is 1. The fourth-order valence-electron chi connectivity index (χ4n) is 1.88. The molecule has 93 valence electrons. The van der Waals surface area contributed by atoms with Gasteiger partial charge in [0.25, 0.3) is 0 Å². The third-order valence-electron chi connectivity index (χ3n) is 2.87. The first kappa shape index (κ1) is 13.3. The lowest BCUT2D eigenvalue weighted by molar-refractivity contribution is 0.0793. The molecule has 0 aromatic heterocycles. The van der Waals surface area contributed by atoms with Crippen LogP contribution < -0.4 is 0 Å². The molecule has 1 fully saturated rings. The minimum atomic E-state index is -0.167. The van der Waals surface area contributed by atoms with Gasteiger partial charge in [0, 0.05) is 26.2 Å². The van der Waals surface area contributed by atoms with Crippen LogP contribution in [0.4, 0.5) is 4.79 Å². The number of hydrogen-bond donors (Lipinski definition) is 0. The average molecular weight is 227 g/mol. The number of carbonyl (C=O) groups excluding carboxylic acids is 1. The molecule has 1 aliphatic heterocycles. The molecular formula is C12H23N2O2. The summed E-state index contributed by atoms with van der Waals surface area (Å²) in [7, 11) is 0. The summed E-state index contributed by atoms with van der Waals surface area (Å²) in [6.07, 6.45) is 3.25. The van der Waals surface area contributed by atoms with Crippen molar-refractivity contribution in [1.82, 2.24) is 9.80 Å². The van der Waals surface area contributed by atoms with Gasteiger partial charge in [0.2, 0.25) is 0 Å². The molecule has 4 heteroatoms. The molecule has 0 spiro atoms. The topological polar surface area (TPSA) is 32.8 Å². The van der Waals surface area contributed by atoms with Crippen molar-refractivity contribution >= 4 is 6.09 Å². The summed E-state index contributed by atoms with van der Waals surface area (Å²) >= 11 is 0. The van der Waals surface area contributed by atoms with E-state index in [-0.39, 0.29) is 6.09 Å². The Labute approximate surface area is 98.5 Å². The zero-order chi connectivity index (χ0) is 11.8. The van der Waals surface area contributed by atoms with E-state index in [1.54, 1.807) is 4.90 Å². The first-order chi connectivity index (χ1) is 7.77. The van der Waals surface area contributed by atoms with Gasteiger partial charge in [-0.3, -0.25) is 4.90 Å². The molecule has 1 amide bonds. The van der Waals surface area contributed by atoms with Gasteiger partial charge in [0.1, 0.15) is 0 Å². The standard InChI is InChI=1S/C12H23N2O2/c1-3-5-6-7-13-8-10-14(11-9-13)12(15)16-4-2/h1,3-11H2,2H3. The number of hydrogen-bond acceptors (Lipinski definition) is 3. The second-order valence-electron chi connectivity index (χ2n) is 4.09. The fraction of sp³-hybridized carbons (Fsp3) is 0.833. The normalized spacial score (nSPS) is 17.5. The molecule has 0 aliphatic carbocycles. The highest BCUT2D eigenvalue weighted by Gasteiger charge is 2.21. The molecule has 0 aromatic carbocycles. The fourth-order valence-corrected chi connectivity index (χ4v) is 1.88. The number of amides is 1. The summed E-state index contributed by atoms with van der Waals surface area (Å²) in [5, 5.41) is 0. The van der Waals surface area contributed by atoms with E-state index < -0.39 is 0 Å². The summed E-state index contributed by atoms with van der Waals surface area (Å²) in [6.45, 7) is 10.8. The van der Waals surface area contributed by atoms with Crippen LogP contribution in [0.25, 0.3) is 0 Å². The van der Waals surface area contributed by atoms with E-state index >= 15 is 0 Å². The van der Waals surface area contributed by atoms with E-state index in [4.69, 9.17) is 4.74 Å². The monoisotopic (exact) mass is 227 g/mol. The maximum absolute atomic E-state index is 11.4. The molecule has 4 nitrogen and oxygen atoms in total. The van der Waals surface area contributed by atoms with Gasteiger partial charge in [0.15, 0.2) is 0 Å². The summed E-state index contributed by atoms with van der Waals surface area (Å²) in [6, 6.07) is 0. The summed E-state index contributed by atoms with van der Waals surface area (Å²) in [4.78, 5) is 15.6. The van der Waals surface area contributed by atoms with Crippen molar-refractivity contribution in [2.75, 3.05) is 39.3 Å². The SMILES string of the molecule is [CH2]CCCCN1CCN(C(=O)OCC)CC1. The van der Waals surface area contributed by atoms with Crippen LogP contribution in [0.2, 0.25) is 0 Å². The second-order valence-corrected chi connectivity index (χ2v) is 4.09. The molecular weight excluding hydrogens is 204 g/mol. The average Bonchev–Trinajstić information content (AvgIpc) is 2.30. The van der Waals surface area contributed by atoms with E-state index in [1.165, 1.54) is 12.8 Å². The van der Waals surface area contributed by atoms with Gasteiger partial charge in [-0.05, 0) is 19.9 Å². The van der Waals surface area contributed by atoms with E-state index in [0.717, 1.165) is 39.1 Å². The van der Waals surface area contributed by atoms with Crippen LogP contribution >= 0.6 is 0 Å². The Morgan fingerprint density at radius 3 is 2.50 bits per heavy atom. The lowest BCUT2D eigenvalue weighted by atomic mass is 10.2. The van der Waals surface area contributed by atoms with Crippen molar-refractivity contribution in [3.05, 3.63) is 6.92 Å². The van der Waals surface area contributed by atoms with E-state index in [1.807, 2.05) is 6.92 Å². The van der Waals surface area contributed by atoms with Gasteiger partial charge >= 0.3 is 6.09 Å². The molecule has 1 aliphatic rings. The van der Waals surface area contributed by atoms with Crippen LogP contribution in [0.1, 0.15) is 26.2 Å². The Bertz CT molecular complexity index is 201. The Hall–Kier alpha value is -0.770. The van der Waals surface area contributed by atoms with Gasteiger partial charge in [-0.2, -0.15) is 0 Å². The molecule has 0 bridgehead atoms. The molecule has 0 N–H and O–H groups in total. The second kappa shape index (κ2) is 7.49. The van der Waals surface area contributed by atoms with E-state index in [2.05, 4.69) is 11.8 Å². The molecule has 1 heterocycles. The highest BCUT2D eigenvalue weighted by Crippen LogP contribution is 2.05. The molecule has 16 heavy (non-hydrogen) atoms. The number of rotatable bonds is 5. The van der Waals surface area contributed by atoms with E-state index in [9.17, 15) is 4.79 Å². The number of unbranched alkanes of at least 4 members (excludes halogenated alkanes) is 2. The Morgan fingerprint density at radius 1 is 1.25 bits per heavy atom. The van der Waals surface area contributed by atoms with Crippen LogP contribution in [-0.2, 0) is 4.74 Å². The third-order valence-corrected chi connectivity index (χ3v) is 2.87. The predicted molar refractivity (Wildman–Crippen MR) is 64.2 cm³/mol. The van der Waals surface area contributed by atoms with Crippen LogP contribution in [0.15, 0.2) is 0 Å². The maximum atomic E-state index is 11.4. The number of ether oxygens (including phenoxy) is 1. The minimum Gasteiger partial charge on any atom is -0.450 e. The summed E-state index contributed by atoms with van der Waals surface area (Å²) < 4.78 is 4.98. The van der Waals surface area contributed by atoms with Crippen LogP contribution in [-0.4, -0.2) is 55.2 Å². The molecule has 0 atom stereocenters. The van der Waals surface area contributed by atoms with E-state index in [0.29, 0.717) is 6.61 Å². The van der Waals surface area contributed by atoms with Gasteiger partial charge < -0.3 is 9.64 Å². The number of nitrogens with zero attached hydrogens (tertiary/aromatic N) is 2. The van der Waals surface area contributed by atoms with Crippen molar-refractivity contribution < 1.29 is 9.53 Å². The third kappa shape index (κ3) is 4.39. The first-order valence-corrected chi connectivity index (χ1v) is 6.21. The maximum Gasteiger partial charge on any atom is 0.409 e. The molecule has 1 rings (SSSR count). The predicted octanol–water partition coefficient (Wildman–Crippen LogP) is 1.76. The minimum absolute atomic E-state index is 0.167. The summed E-state index contributed by atoms with van der Waals surface area (Å²) in [5.41, 5.74) is 0. The highest BCUT2D eigenvalue weighted by molar-refractivity contribution is 5.67. The lowest BCUT2D eigenvalue weighted by Crippen LogP contribution is -2.49. The Morgan fingerprint density at radius 2 is 1.94 bits per heavy atom. The van der Waals surface area contributed by atoms with Gasteiger partial charge in [-0.25, -0.2) is 4.79 Å². The largest absolute Gasteiger partial charge is 0.450 e. The van der Waals surface area contributed by atoms with Gasteiger partial charge in [-0.15, -0.1) is 0 Å². The highest BCUT2D eigenvalue weighted by atomic mass is 16.6. The van der Waals surface area contributed by atoms with Crippen molar-refractivity contribution in [2.45, 2.75) is 26.2 Å². The Balaban J connectivity index is 2.15. The van der Waals surface area contributed by atoms with Gasteiger partial charge in [-0.1, -0.05) is 19.8 Å². The Kier molecular flexibility index (Phi) is 6.23. The smallest absolute Gasteiger partial charge is 0.409 e.